The maximum Gasteiger partial charge on any atom is 0.180 e. The van der Waals surface area contributed by atoms with E-state index in [9.17, 15) is 12.8 Å². The third kappa shape index (κ3) is 2.29. The highest BCUT2D eigenvalue weighted by Crippen LogP contribution is 2.45. The van der Waals surface area contributed by atoms with Gasteiger partial charge in [-0.3, -0.25) is 0 Å². The van der Waals surface area contributed by atoms with Crippen LogP contribution in [-0.4, -0.2) is 14.2 Å². The van der Waals surface area contributed by atoms with Crippen LogP contribution in [-0.2, 0) is 9.84 Å². The van der Waals surface area contributed by atoms with E-state index in [0.717, 1.165) is 5.56 Å². The molecule has 1 aliphatic heterocycles. The highest BCUT2D eigenvalue weighted by atomic mass is 32.2. The summed E-state index contributed by atoms with van der Waals surface area (Å²) in [6.45, 7) is 0. The molecule has 1 heterocycles. The van der Waals surface area contributed by atoms with Crippen molar-refractivity contribution in [1.82, 2.24) is 0 Å². The lowest BCUT2D eigenvalue weighted by Crippen LogP contribution is -2.01. The monoisotopic (exact) mass is 309 g/mol. The Kier molecular flexibility index (Phi) is 3.22. The van der Waals surface area contributed by atoms with Gasteiger partial charge in [-0.2, -0.15) is 0 Å². The summed E-state index contributed by atoms with van der Waals surface area (Å²) in [5.74, 6) is -0.419. The van der Waals surface area contributed by atoms with Gasteiger partial charge in [-0.05, 0) is 29.8 Å². The molecular weight excluding hydrogens is 297 g/mol. The quantitative estimate of drug-likeness (QED) is 0.866. The van der Waals surface area contributed by atoms with Crippen LogP contribution < -0.4 is 5.73 Å². The topological polar surface area (TPSA) is 60.2 Å². The maximum atomic E-state index is 13.8. The molecule has 1 unspecified atom stereocenters. The van der Waals surface area contributed by atoms with Crippen molar-refractivity contribution in [2.75, 3.05) is 11.5 Å². The number of halogens is 1. The first-order valence-corrected chi connectivity index (χ1v) is 8.54. The number of thioether (sulfide) groups is 1. The van der Waals surface area contributed by atoms with Crippen molar-refractivity contribution in [3.05, 3.63) is 53.8 Å². The molecule has 0 spiro atoms. The van der Waals surface area contributed by atoms with Crippen molar-refractivity contribution in [3.63, 3.8) is 0 Å². The molecule has 6 heteroatoms. The normalized spacial score (nSPS) is 19.8. The van der Waals surface area contributed by atoms with Crippen LogP contribution in [0.4, 0.5) is 10.1 Å². The lowest BCUT2D eigenvalue weighted by molar-refractivity contribution is 0.598. The number of hydrogen-bond acceptors (Lipinski definition) is 4. The molecule has 20 heavy (non-hydrogen) atoms. The summed E-state index contributed by atoms with van der Waals surface area (Å²) in [6.07, 6.45) is 0. The summed E-state index contributed by atoms with van der Waals surface area (Å²) in [6, 6.07) is 11.3. The molecule has 1 atom stereocenters. The van der Waals surface area contributed by atoms with E-state index >= 15 is 0 Å². The van der Waals surface area contributed by atoms with Crippen LogP contribution in [0.25, 0.3) is 0 Å². The van der Waals surface area contributed by atoms with E-state index in [1.807, 2.05) is 0 Å². The Labute approximate surface area is 120 Å². The standard InChI is InChI=1S/C14H12FNO2S2/c15-11-7-9(16)5-6-12(11)19-13-8-20(17,18)14-4-2-1-3-10(13)14/h1-7,13H,8,16H2. The highest BCUT2D eigenvalue weighted by molar-refractivity contribution is 8.01. The molecule has 0 bridgehead atoms. The molecule has 0 saturated heterocycles. The first kappa shape index (κ1) is 13.5. The van der Waals surface area contributed by atoms with Crippen molar-refractivity contribution in [1.29, 1.82) is 0 Å². The van der Waals surface area contributed by atoms with Gasteiger partial charge in [0.2, 0.25) is 0 Å². The Morgan fingerprint density at radius 1 is 1.20 bits per heavy atom. The van der Waals surface area contributed by atoms with E-state index in [1.165, 1.54) is 17.8 Å². The predicted molar refractivity (Wildman–Crippen MR) is 77.9 cm³/mol. The van der Waals surface area contributed by atoms with Gasteiger partial charge in [0.25, 0.3) is 0 Å². The predicted octanol–water partition coefficient (Wildman–Crippen LogP) is 3.03. The molecule has 1 aliphatic rings. The van der Waals surface area contributed by atoms with Gasteiger partial charge in [-0.1, -0.05) is 18.2 Å². The fraction of sp³-hybridized carbons (Fsp3) is 0.143. The van der Waals surface area contributed by atoms with E-state index in [0.29, 0.717) is 15.5 Å². The van der Waals surface area contributed by atoms with Gasteiger partial charge in [-0.15, -0.1) is 11.8 Å². The second-order valence-corrected chi connectivity index (χ2v) is 7.86. The fourth-order valence-corrected chi connectivity index (χ4v) is 5.73. The van der Waals surface area contributed by atoms with Crippen LogP contribution in [0.1, 0.15) is 10.8 Å². The Morgan fingerprint density at radius 2 is 1.95 bits per heavy atom. The Hall–Kier alpha value is -1.53. The van der Waals surface area contributed by atoms with Gasteiger partial charge in [0.1, 0.15) is 5.82 Å². The Bertz CT molecular complexity index is 774. The minimum atomic E-state index is -3.26. The lowest BCUT2D eigenvalue weighted by Gasteiger charge is -2.10. The molecule has 0 saturated carbocycles. The zero-order valence-electron chi connectivity index (χ0n) is 10.4. The van der Waals surface area contributed by atoms with Gasteiger partial charge in [-0.25, -0.2) is 12.8 Å². The molecule has 0 radical (unpaired) electrons. The second-order valence-electron chi connectivity index (χ2n) is 4.62. The summed E-state index contributed by atoms with van der Waals surface area (Å²) >= 11 is 1.22. The number of nitrogens with two attached hydrogens (primary N) is 1. The molecule has 2 aromatic rings. The number of fused-ring (bicyclic) bond motifs is 1. The molecule has 0 aliphatic carbocycles. The van der Waals surface area contributed by atoms with Crippen LogP contribution in [0.2, 0.25) is 0 Å². The van der Waals surface area contributed by atoms with Crippen molar-refractivity contribution in [2.24, 2.45) is 0 Å². The Morgan fingerprint density at radius 3 is 2.70 bits per heavy atom. The lowest BCUT2D eigenvalue weighted by atomic mass is 10.2. The minimum Gasteiger partial charge on any atom is -0.399 e. The van der Waals surface area contributed by atoms with E-state index in [-0.39, 0.29) is 11.0 Å². The average Bonchev–Trinajstić information content (AvgIpc) is 2.65. The van der Waals surface area contributed by atoms with Crippen molar-refractivity contribution < 1.29 is 12.8 Å². The number of hydrogen-bond donors (Lipinski definition) is 1. The van der Waals surface area contributed by atoms with Crippen LogP contribution in [0.15, 0.2) is 52.3 Å². The zero-order chi connectivity index (χ0) is 14.3. The summed E-state index contributed by atoms with van der Waals surface area (Å²) in [5.41, 5.74) is 6.61. The average molecular weight is 309 g/mol. The summed E-state index contributed by atoms with van der Waals surface area (Å²) in [5, 5.41) is -0.283. The van der Waals surface area contributed by atoms with Gasteiger partial charge in [0, 0.05) is 10.6 Å². The molecule has 2 aromatic carbocycles. The van der Waals surface area contributed by atoms with Crippen molar-refractivity contribution in [3.8, 4) is 0 Å². The molecule has 0 amide bonds. The molecule has 0 aromatic heterocycles. The number of nitrogen functional groups attached to an aromatic ring is 1. The largest absolute Gasteiger partial charge is 0.399 e. The number of benzene rings is 2. The van der Waals surface area contributed by atoms with Crippen molar-refractivity contribution >= 4 is 27.3 Å². The summed E-state index contributed by atoms with van der Waals surface area (Å²) in [4.78, 5) is 0.768. The van der Waals surface area contributed by atoms with Crippen LogP contribution in [0.3, 0.4) is 0 Å². The van der Waals surface area contributed by atoms with Gasteiger partial charge in [0.15, 0.2) is 9.84 Å². The second kappa shape index (κ2) is 4.79. The number of anilines is 1. The van der Waals surface area contributed by atoms with Gasteiger partial charge >= 0.3 is 0 Å². The first-order chi connectivity index (χ1) is 9.47. The highest BCUT2D eigenvalue weighted by Gasteiger charge is 2.35. The van der Waals surface area contributed by atoms with Gasteiger partial charge < -0.3 is 5.73 Å². The summed E-state index contributed by atoms with van der Waals surface area (Å²) in [7, 11) is -3.26. The molecular formula is C14H12FNO2S2. The molecule has 0 fully saturated rings. The molecule has 2 N–H and O–H groups in total. The van der Waals surface area contributed by atoms with E-state index in [2.05, 4.69) is 0 Å². The summed E-state index contributed by atoms with van der Waals surface area (Å²) < 4.78 is 38.0. The minimum absolute atomic E-state index is 0.000823. The van der Waals surface area contributed by atoms with E-state index in [4.69, 9.17) is 5.73 Å². The van der Waals surface area contributed by atoms with E-state index in [1.54, 1.807) is 36.4 Å². The van der Waals surface area contributed by atoms with Crippen LogP contribution in [0.5, 0.6) is 0 Å². The zero-order valence-corrected chi connectivity index (χ0v) is 12.0. The molecule has 104 valence electrons. The molecule has 3 rings (SSSR count). The van der Waals surface area contributed by atoms with Crippen molar-refractivity contribution in [2.45, 2.75) is 15.0 Å². The number of sulfone groups is 1. The van der Waals surface area contributed by atoms with Crippen LogP contribution >= 0.6 is 11.8 Å². The Balaban J connectivity index is 1.97. The SMILES string of the molecule is Nc1ccc(SC2CS(=O)(=O)c3ccccc32)c(F)c1. The smallest absolute Gasteiger partial charge is 0.180 e. The van der Waals surface area contributed by atoms with Crippen LogP contribution in [0, 0.1) is 5.82 Å². The third-order valence-electron chi connectivity index (χ3n) is 3.20. The van der Waals surface area contributed by atoms with Gasteiger partial charge in [0.05, 0.1) is 15.9 Å². The maximum absolute atomic E-state index is 13.8. The molecule has 3 nitrogen and oxygen atoms in total. The van der Waals surface area contributed by atoms with E-state index < -0.39 is 15.7 Å². The first-order valence-electron chi connectivity index (χ1n) is 6.01. The fourth-order valence-electron chi connectivity index (χ4n) is 2.27. The third-order valence-corrected chi connectivity index (χ3v) is 6.51. The number of rotatable bonds is 2.